The fraction of sp³-hybridized carbons (Fsp3) is 0.275. The summed E-state index contributed by atoms with van der Waals surface area (Å²) in [5.41, 5.74) is 21.1. The summed E-state index contributed by atoms with van der Waals surface area (Å²) in [4.78, 5) is 0. The zero-order chi connectivity index (χ0) is 47.2. The van der Waals surface area contributed by atoms with Crippen molar-refractivity contribution in [2.24, 2.45) is 0 Å². The minimum atomic E-state index is 0.0108. The van der Waals surface area contributed by atoms with E-state index in [2.05, 4.69) is 210 Å². The fourth-order valence-corrected chi connectivity index (χ4v) is 11.7. The van der Waals surface area contributed by atoms with E-state index in [-0.39, 0.29) is 5.41 Å². The molecule has 9 aromatic carbocycles. The first-order chi connectivity index (χ1) is 33.9. The van der Waals surface area contributed by atoms with Crippen molar-refractivity contribution in [2.75, 3.05) is 0 Å². The Morgan fingerprint density at radius 1 is 0.275 bits per heavy atom. The van der Waals surface area contributed by atoms with Gasteiger partial charge in [0.15, 0.2) is 0 Å². The maximum atomic E-state index is 2.64. The van der Waals surface area contributed by atoms with Gasteiger partial charge in [0.25, 0.3) is 0 Å². The van der Waals surface area contributed by atoms with E-state index in [0.717, 1.165) is 0 Å². The summed E-state index contributed by atoms with van der Waals surface area (Å²) >= 11 is 0. The van der Waals surface area contributed by atoms with Gasteiger partial charge in [-0.15, -0.1) is 0 Å². The number of benzene rings is 9. The first-order valence-corrected chi connectivity index (χ1v) is 26.5. The summed E-state index contributed by atoms with van der Waals surface area (Å²) in [6.45, 7) is 9.14. The lowest BCUT2D eigenvalue weighted by molar-refractivity contribution is 0.398. The quantitative estimate of drug-likeness (QED) is 0.0560. The van der Waals surface area contributed by atoms with Gasteiger partial charge >= 0.3 is 0 Å². The van der Waals surface area contributed by atoms with Gasteiger partial charge in [-0.05, 0) is 187 Å². The lowest BCUT2D eigenvalue weighted by Crippen LogP contribution is -2.25. The molecular weight excluding hydrogens is 829 g/mol. The summed E-state index contributed by atoms with van der Waals surface area (Å²) in [5, 5.41) is 5.13. The van der Waals surface area contributed by atoms with Gasteiger partial charge in [-0.2, -0.15) is 0 Å². The van der Waals surface area contributed by atoms with Crippen LogP contribution in [0.2, 0.25) is 0 Å². The first kappa shape index (κ1) is 46.2. The van der Waals surface area contributed by atoms with Crippen LogP contribution in [-0.2, 0) is 5.41 Å². The van der Waals surface area contributed by atoms with Crippen molar-refractivity contribution in [1.82, 2.24) is 0 Å². The van der Waals surface area contributed by atoms with Crippen LogP contribution in [0.15, 0.2) is 182 Å². The SMILES string of the molecule is CCCCCCCCC1(CCCCCCCC)c2cc(C)ccc2-c2ccc(-c3cc(-c4cc(-c5ccccc5)cc(-c5ccccc5)c4)cc(-c4ccc5cc6cc(C)ccc6cc5c4)c3)cc21. The van der Waals surface area contributed by atoms with Crippen molar-refractivity contribution in [1.29, 1.82) is 0 Å². The summed E-state index contributed by atoms with van der Waals surface area (Å²) in [7, 11) is 0. The van der Waals surface area contributed by atoms with Crippen LogP contribution in [0.1, 0.15) is 126 Å². The maximum absolute atomic E-state index is 2.64. The number of hydrogen-bond donors (Lipinski definition) is 0. The molecule has 0 bridgehead atoms. The van der Waals surface area contributed by atoms with E-state index in [4.69, 9.17) is 0 Å². The average molecular weight is 899 g/mol. The molecule has 0 amide bonds. The standard InChI is InChI=1S/C69H70/c1-5-7-9-11-13-21-35-69(36-22-14-12-10-8-6-2)67-38-50(4)28-33-65(67)66-34-32-56(48-68(66)69)62-45-61(55-31-30-54-39-57-37-49(3)27-29-53(57)40-60(54)41-55)46-64(47-62)63-43-58(51-23-17-15-18-24-51)42-59(44-63)52-25-19-16-20-26-52/h15-20,23-34,37-48H,5-14,21-22,35-36H2,1-4H3. The molecule has 9 aromatic rings. The van der Waals surface area contributed by atoms with Gasteiger partial charge in [0.2, 0.25) is 0 Å². The second-order valence-electron chi connectivity index (χ2n) is 20.5. The predicted octanol–water partition coefficient (Wildman–Crippen LogP) is 20.7. The van der Waals surface area contributed by atoms with Gasteiger partial charge < -0.3 is 0 Å². The molecule has 0 heterocycles. The minimum Gasteiger partial charge on any atom is -0.0654 e. The Morgan fingerprint density at radius 3 is 1.22 bits per heavy atom. The smallest absolute Gasteiger partial charge is 0.0215 e. The molecule has 69 heavy (non-hydrogen) atoms. The molecule has 0 nitrogen and oxygen atoms in total. The second-order valence-corrected chi connectivity index (χ2v) is 20.5. The van der Waals surface area contributed by atoms with Crippen LogP contribution in [0.25, 0.3) is 88.3 Å². The van der Waals surface area contributed by atoms with Crippen LogP contribution in [0.5, 0.6) is 0 Å². The van der Waals surface area contributed by atoms with Crippen LogP contribution in [0, 0.1) is 13.8 Å². The molecule has 10 rings (SSSR count). The molecule has 0 saturated carbocycles. The monoisotopic (exact) mass is 899 g/mol. The van der Waals surface area contributed by atoms with Gasteiger partial charge in [-0.1, -0.05) is 223 Å². The lowest BCUT2D eigenvalue weighted by atomic mass is 9.70. The third-order valence-corrected chi connectivity index (χ3v) is 15.5. The molecule has 0 aliphatic heterocycles. The topological polar surface area (TPSA) is 0 Å². The van der Waals surface area contributed by atoms with Crippen LogP contribution in [0.4, 0.5) is 0 Å². The van der Waals surface area contributed by atoms with E-state index < -0.39 is 0 Å². The zero-order valence-electron chi connectivity index (χ0n) is 41.7. The molecule has 0 aromatic heterocycles. The van der Waals surface area contributed by atoms with Crippen LogP contribution in [0.3, 0.4) is 0 Å². The molecule has 0 radical (unpaired) electrons. The van der Waals surface area contributed by atoms with Crippen molar-refractivity contribution in [3.05, 3.63) is 204 Å². The van der Waals surface area contributed by atoms with Gasteiger partial charge in [-0.25, -0.2) is 0 Å². The molecule has 0 heteroatoms. The van der Waals surface area contributed by atoms with Gasteiger partial charge in [-0.3, -0.25) is 0 Å². The Labute approximate surface area is 413 Å². The van der Waals surface area contributed by atoms with Gasteiger partial charge in [0, 0.05) is 5.41 Å². The fourth-order valence-electron chi connectivity index (χ4n) is 11.7. The highest BCUT2D eigenvalue weighted by Crippen LogP contribution is 2.55. The van der Waals surface area contributed by atoms with Crippen molar-refractivity contribution < 1.29 is 0 Å². The first-order valence-electron chi connectivity index (χ1n) is 26.5. The Bertz CT molecular complexity index is 3130. The molecule has 0 N–H and O–H groups in total. The van der Waals surface area contributed by atoms with Crippen LogP contribution >= 0.6 is 0 Å². The molecule has 0 unspecified atom stereocenters. The van der Waals surface area contributed by atoms with Crippen LogP contribution < -0.4 is 0 Å². The van der Waals surface area contributed by atoms with E-state index >= 15 is 0 Å². The Hall–Kier alpha value is -6.50. The van der Waals surface area contributed by atoms with Crippen LogP contribution in [-0.4, -0.2) is 0 Å². The number of aryl methyl sites for hydroxylation is 2. The van der Waals surface area contributed by atoms with Crippen molar-refractivity contribution in [2.45, 2.75) is 123 Å². The summed E-state index contributed by atoms with van der Waals surface area (Å²) in [5.74, 6) is 0. The summed E-state index contributed by atoms with van der Waals surface area (Å²) < 4.78 is 0. The molecule has 1 aliphatic carbocycles. The Morgan fingerprint density at radius 2 is 0.667 bits per heavy atom. The predicted molar refractivity (Wildman–Crippen MR) is 300 cm³/mol. The van der Waals surface area contributed by atoms with Crippen molar-refractivity contribution in [3.63, 3.8) is 0 Å². The number of fused-ring (bicyclic) bond motifs is 5. The minimum absolute atomic E-state index is 0.0108. The third kappa shape index (κ3) is 10.0. The van der Waals surface area contributed by atoms with Gasteiger partial charge in [0.1, 0.15) is 0 Å². The van der Waals surface area contributed by atoms with E-state index in [1.165, 1.54) is 189 Å². The second kappa shape index (κ2) is 21.0. The van der Waals surface area contributed by atoms with Crippen molar-refractivity contribution in [3.8, 4) is 66.8 Å². The number of unbranched alkanes of at least 4 members (excludes halogenated alkanes) is 10. The maximum Gasteiger partial charge on any atom is 0.0215 e. The highest BCUT2D eigenvalue weighted by molar-refractivity contribution is 6.00. The normalized spacial score (nSPS) is 12.7. The van der Waals surface area contributed by atoms with E-state index in [0.29, 0.717) is 0 Å². The lowest BCUT2D eigenvalue weighted by Gasteiger charge is -2.33. The zero-order valence-corrected chi connectivity index (χ0v) is 41.7. The van der Waals surface area contributed by atoms with Gasteiger partial charge in [0.05, 0.1) is 0 Å². The molecule has 0 spiro atoms. The molecular formula is C69H70. The number of rotatable bonds is 19. The highest BCUT2D eigenvalue weighted by atomic mass is 14.5. The summed E-state index contributed by atoms with van der Waals surface area (Å²) in [6, 6.07) is 69.9. The van der Waals surface area contributed by atoms with Crippen molar-refractivity contribution >= 4 is 21.5 Å². The van der Waals surface area contributed by atoms with E-state index in [1.54, 1.807) is 11.1 Å². The largest absolute Gasteiger partial charge is 0.0654 e. The third-order valence-electron chi connectivity index (χ3n) is 15.5. The Balaban J connectivity index is 1.14. The molecule has 1 aliphatic rings. The molecule has 0 fully saturated rings. The Kier molecular flexibility index (Phi) is 14.1. The highest BCUT2D eigenvalue weighted by Gasteiger charge is 2.42. The summed E-state index contributed by atoms with van der Waals surface area (Å²) in [6.07, 6.45) is 18.3. The van der Waals surface area contributed by atoms with E-state index in [1.807, 2.05) is 0 Å². The number of hydrogen-bond acceptors (Lipinski definition) is 0. The molecule has 0 atom stereocenters. The molecule has 0 saturated heterocycles. The average Bonchev–Trinajstić information content (AvgIpc) is 3.65. The van der Waals surface area contributed by atoms with E-state index in [9.17, 15) is 0 Å². The molecule has 346 valence electrons.